The van der Waals surface area contributed by atoms with E-state index in [1.54, 1.807) is 4.90 Å². The number of hydrogen-bond acceptors (Lipinski definition) is 4. The van der Waals surface area contributed by atoms with Gasteiger partial charge in [0.15, 0.2) is 0 Å². The van der Waals surface area contributed by atoms with Gasteiger partial charge in [0.1, 0.15) is 12.0 Å². The predicted molar refractivity (Wildman–Crippen MR) is 128 cm³/mol. The molecule has 7 nitrogen and oxygen atoms in total. The highest BCUT2D eigenvalue weighted by Gasteiger charge is 2.50. The summed E-state index contributed by atoms with van der Waals surface area (Å²) in [6, 6.07) is 16.3. The fourth-order valence-corrected chi connectivity index (χ4v) is 5.13. The Labute approximate surface area is 200 Å². The molecule has 1 fully saturated rings. The van der Waals surface area contributed by atoms with Crippen molar-refractivity contribution >= 4 is 18.0 Å². The van der Waals surface area contributed by atoms with Gasteiger partial charge in [0.25, 0.3) is 0 Å². The molecule has 2 aromatic carbocycles. The van der Waals surface area contributed by atoms with E-state index >= 15 is 0 Å². The Kier molecular flexibility index (Phi) is 6.91. The van der Waals surface area contributed by atoms with Crippen LogP contribution in [0.3, 0.4) is 0 Å². The lowest BCUT2D eigenvalue weighted by molar-refractivity contribution is -0.168. The Hall–Kier alpha value is -3.35. The van der Waals surface area contributed by atoms with E-state index in [0.29, 0.717) is 12.8 Å². The molecule has 180 valence electrons. The van der Waals surface area contributed by atoms with Crippen molar-refractivity contribution in [3.63, 3.8) is 0 Å². The maximum Gasteiger partial charge on any atom is 0.407 e. The number of likely N-dealkylation sites (tertiary alicyclic amines) is 1. The minimum Gasteiger partial charge on any atom is -0.481 e. The Bertz CT molecular complexity index is 1030. The smallest absolute Gasteiger partial charge is 0.407 e. The number of fused-ring (bicyclic) bond motifs is 3. The van der Waals surface area contributed by atoms with E-state index in [2.05, 4.69) is 29.6 Å². The quantitative estimate of drug-likeness (QED) is 0.578. The van der Waals surface area contributed by atoms with E-state index in [9.17, 15) is 19.5 Å². The number of carboxylic acids is 1. The highest BCUT2D eigenvalue weighted by atomic mass is 16.5. The molecular weight excluding hydrogens is 432 g/mol. The fraction of sp³-hybridized carbons (Fsp3) is 0.444. The molecule has 4 rings (SSSR count). The van der Waals surface area contributed by atoms with E-state index in [1.165, 1.54) is 11.1 Å². The van der Waals surface area contributed by atoms with Crippen LogP contribution in [0.1, 0.15) is 50.2 Å². The van der Waals surface area contributed by atoms with Gasteiger partial charge in [0.05, 0.1) is 5.92 Å². The van der Waals surface area contributed by atoms with Gasteiger partial charge in [0, 0.05) is 25.6 Å². The minimum absolute atomic E-state index is 0.0227. The van der Waals surface area contributed by atoms with Crippen LogP contribution in [0.15, 0.2) is 48.5 Å². The maximum absolute atomic E-state index is 12.9. The molecule has 0 bridgehead atoms. The largest absolute Gasteiger partial charge is 0.481 e. The summed E-state index contributed by atoms with van der Waals surface area (Å²) in [7, 11) is 0. The van der Waals surface area contributed by atoms with Gasteiger partial charge >= 0.3 is 12.1 Å². The van der Waals surface area contributed by atoms with Crippen LogP contribution >= 0.6 is 0 Å². The summed E-state index contributed by atoms with van der Waals surface area (Å²) in [5.74, 6) is -1.38. The van der Waals surface area contributed by atoms with Gasteiger partial charge in [-0.2, -0.15) is 0 Å². The topological polar surface area (TPSA) is 95.9 Å². The zero-order valence-corrected chi connectivity index (χ0v) is 19.8. The number of rotatable bonds is 9. The number of carboxylic acid groups (broad SMARTS) is 1. The number of benzene rings is 2. The summed E-state index contributed by atoms with van der Waals surface area (Å²) in [6.45, 7) is 4.66. The third-order valence-electron chi connectivity index (χ3n) is 7.25. The van der Waals surface area contributed by atoms with Crippen molar-refractivity contribution in [2.45, 2.75) is 39.0 Å². The van der Waals surface area contributed by atoms with Gasteiger partial charge < -0.3 is 20.1 Å². The molecule has 0 spiro atoms. The second kappa shape index (κ2) is 9.87. The minimum atomic E-state index is -0.858. The molecule has 2 aromatic rings. The molecular formula is C27H32N2O5. The van der Waals surface area contributed by atoms with E-state index in [4.69, 9.17) is 4.74 Å². The molecule has 7 heteroatoms. The highest BCUT2D eigenvalue weighted by Crippen LogP contribution is 2.44. The summed E-state index contributed by atoms with van der Waals surface area (Å²) in [6.07, 6.45) is 1.34. The lowest BCUT2D eigenvalue weighted by Crippen LogP contribution is -2.63. The van der Waals surface area contributed by atoms with Crippen LogP contribution in [-0.2, 0) is 14.3 Å². The van der Waals surface area contributed by atoms with Crippen molar-refractivity contribution in [3.05, 3.63) is 59.7 Å². The van der Waals surface area contributed by atoms with Gasteiger partial charge in [-0.25, -0.2) is 4.79 Å². The first-order valence-electron chi connectivity index (χ1n) is 12.0. The number of hydrogen-bond donors (Lipinski definition) is 2. The fourth-order valence-electron chi connectivity index (χ4n) is 5.13. The number of nitrogens with zero attached hydrogens (tertiary/aromatic N) is 1. The number of nitrogens with one attached hydrogen (secondary N) is 1. The van der Waals surface area contributed by atoms with Crippen LogP contribution in [0.5, 0.6) is 0 Å². The molecule has 1 aliphatic heterocycles. The Morgan fingerprint density at radius 2 is 1.65 bits per heavy atom. The second-order valence-corrected chi connectivity index (χ2v) is 9.33. The predicted octanol–water partition coefficient (Wildman–Crippen LogP) is 4.26. The lowest BCUT2D eigenvalue weighted by Gasteiger charge is -2.47. The molecule has 34 heavy (non-hydrogen) atoms. The zero-order valence-electron chi connectivity index (χ0n) is 19.8. The summed E-state index contributed by atoms with van der Waals surface area (Å²) < 4.78 is 5.58. The molecule has 2 N–H and O–H groups in total. The van der Waals surface area contributed by atoms with Crippen molar-refractivity contribution in [3.8, 4) is 11.1 Å². The normalized spacial score (nSPS) is 16.7. The van der Waals surface area contributed by atoms with Gasteiger partial charge in [-0.15, -0.1) is 0 Å². The second-order valence-electron chi connectivity index (χ2n) is 9.33. The number of carbonyl (C=O) groups excluding carboxylic acids is 2. The third kappa shape index (κ3) is 4.39. The molecule has 0 aromatic heterocycles. The molecule has 1 aliphatic carbocycles. The summed E-state index contributed by atoms with van der Waals surface area (Å²) in [5, 5.41) is 12.2. The summed E-state index contributed by atoms with van der Waals surface area (Å²) in [5.41, 5.74) is 3.78. The van der Waals surface area contributed by atoms with Gasteiger partial charge in [-0.05, 0) is 35.1 Å². The van der Waals surface area contributed by atoms with Crippen molar-refractivity contribution in [1.29, 1.82) is 0 Å². The average molecular weight is 465 g/mol. The number of ether oxygens (including phenoxy) is 1. The van der Waals surface area contributed by atoms with Crippen LogP contribution in [0.2, 0.25) is 0 Å². The standard InChI is InChI=1S/C27H32N2O5/c1-3-9-18(24(30)29-16-27(4-2,17-29)25(31)32)14-28-26(33)34-15-23-21-12-7-5-10-19(21)20-11-6-8-13-22(20)23/h5-8,10-13,18,23H,3-4,9,14-17H2,1-2H3,(H,28,33)(H,31,32). The molecule has 1 saturated heterocycles. The number of alkyl carbamates (subject to hydrolysis) is 1. The first-order chi connectivity index (χ1) is 16.4. The number of carbonyl (C=O) groups is 3. The molecule has 0 saturated carbocycles. The SMILES string of the molecule is CCCC(CNC(=O)OCC1c2ccccc2-c2ccccc21)C(=O)N1CC(CC)(C(=O)O)C1. The van der Waals surface area contributed by atoms with E-state index in [-0.39, 0.29) is 38.1 Å². The van der Waals surface area contributed by atoms with Crippen LogP contribution in [0, 0.1) is 11.3 Å². The molecule has 2 aliphatic rings. The van der Waals surface area contributed by atoms with Crippen molar-refractivity contribution < 1.29 is 24.2 Å². The van der Waals surface area contributed by atoms with E-state index < -0.39 is 23.4 Å². The zero-order chi connectivity index (χ0) is 24.3. The molecule has 1 heterocycles. The van der Waals surface area contributed by atoms with Gasteiger partial charge in [-0.1, -0.05) is 68.8 Å². The van der Waals surface area contributed by atoms with Gasteiger partial charge in [-0.3, -0.25) is 9.59 Å². The van der Waals surface area contributed by atoms with Crippen LogP contribution in [0.4, 0.5) is 4.79 Å². The molecule has 1 atom stereocenters. The third-order valence-corrected chi connectivity index (χ3v) is 7.25. The molecule has 0 radical (unpaired) electrons. The average Bonchev–Trinajstić information content (AvgIpc) is 3.13. The first-order valence-corrected chi connectivity index (χ1v) is 12.0. The number of amides is 2. The van der Waals surface area contributed by atoms with Gasteiger partial charge in [0.2, 0.25) is 5.91 Å². The summed E-state index contributed by atoms with van der Waals surface area (Å²) in [4.78, 5) is 38.6. The van der Waals surface area contributed by atoms with Crippen LogP contribution < -0.4 is 5.32 Å². The Morgan fingerprint density at radius 1 is 1.06 bits per heavy atom. The van der Waals surface area contributed by atoms with E-state index in [1.807, 2.05) is 38.1 Å². The Balaban J connectivity index is 1.32. The molecule has 1 unspecified atom stereocenters. The first kappa shape index (κ1) is 23.8. The van der Waals surface area contributed by atoms with Crippen molar-refractivity contribution in [2.75, 3.05) is 26.2 Å². The van der Waals surface area contributed by atoms with Crippen LogP contribution in [-0.4, -0.2) is 54.2 Å². The highest BCUT2D eigenvalue weighted by molar-refractivity contribution is 5.85. The monoisotopic (exact) mass is 464 g/mol. The summed E-state index contributed by atoms with van der Waals surface area (Å²) >= 11 is 0. The lowest BCUT2D eigenvalue weighted by atomic mass is 9.76. The maximum atomic E-state index is 12.9. The van der Waals surface area contributed by atoms with Crippen molar-refractivity contribution in [1.82, 2.24) is 10.2 Å². The number of aliphatic carboxylic acids is 1. The van der Waals surface area contributed by atoms with Crippen molar-refractivity contribution in [2.24, 2.45) is 11.3 Å². The molecule has 2 amide bonds. The van der Waals surface area contributed by atoms with Crippen LogP contribution in [0.25, 0.3) is 11.1 Å². The van der Waals surface area contributed by atoms with E-state index in [0.717, 1.165) is 17.5 Å². The Morgan fingerprint density at radius 3 is 2.18 bits per heavy atom.